The molecular formula is C25H31N5O2. The minimum Gasteiger partial charge on any atom is -0.494 e. The monoisotopic (exact) mass is 433 g/mol. The number of nitrogens with zero attached hydrogens (tertiary/aromatic N) is 4. The van der Waals surface area contributed by atoms with Crippen LogP contribution in [0.15, 0.2) is 41.2 Å². The molecule has 0 fully saturated rings. The first-order chi connectivity index (χ1) is 15.2. The van der Waals surface area contributed by atoms with Crippen molar-refractivity contribution in [3.05, 3.63) is 63.6 Å². The van der Waals surface area contributed by atoms with Crippen molar-refractivity contribution in [3.8, 4) is 5.75 Å². The van der Waals surface area contributed by atoms with Crippen molar-refractivity contribution in [1.29, 1.82) is 0 Å². The summed E-state index contributed by atoms with van der Waals surface area (Å²) in [7, 11) is 5.84. The maximum Gasteiger partial charge on any atom is 0.327 e. The predicted molar refractivity (Wildman–Crippen MR) is 129 cm³/mol. The summed E-state index contributed by atoms with van der Waals surface area (Å²) in [5.41, 5.74) is 5.14. The second-order valence-corrected chi connectivity index (χ2v) is 9.23. The van der Waals surface area contributed by atoms with Crippen LogP contribution in [0.3, 0.4) is 0 Å². The molecule has 0 saturated carbocycles. The van der Waals surface area contributed by atoms with Crippen LogP contribution in [0.5, 0.6) is 5.75 Å². The van der Waals surface area contributed by atoms with Gasteiger partial charge in [-0.25, -0.2) is 4.79 Å². The van der Waals surface area contributed by atoms with Gasteiger partial charge in [0.25, 0.3) is 0 Å². The molecule has 2 aromatic carbocycles. The molecule has 0 saturated heterocycles. The smallest absolute Gasteiger partial charge is 0.327 e. The highest BCUT2D eigenvalue weighted by molar-refractivity contribution is 6.00. The van der Waals surface area contributed by atoms with Gasteiger partial charge in [-0.2, -0.15) is 0 Å². The predicted octanol–water partition coefficient (Wildman–Crippen LogP) is 3.77. The zero-order valence-corrected chi connectivity index (χ0v) is 19.7. The number of rotatable bonds is 7. The molecule has 0 aliphatic carbocycles. The van der Waals surface area contributed by atoms with E-state index in [1.165, 1.54) is 15.7 Å². The summed E-state index contributed by atoms with van der Waals surface area (Å²) in [6.07, 6.45) is 0.996. The number of ether oxygens (including phenoxy) is 1. The lowest BCUT2D eigenvalue weighted by molar-refractivity contribution is 0.281. The van der Waals surface area contributed by atoms with Crippen LogP contribution in [-0.4, -0.2) is 51.9 Å². The average Bonchev–Trinajstić information content (AvgIpc) is 3.05. The van der Waals surface area contributed by atoms with Gasteiger partial charge in [0, 0.05) is 24.4 Å². The molecular weight excluding hydrogens is 402 g/mol. The minimum absolute atomic E-state index is 0.190. The number of hydrogen-bond donors (Lipinski definition) is 1. The largest absolute Gasteiger partial charge is 0.494 e. The van der Waals surface area contributed by atoms with E-state index >= 15 is 0 Å². The highest BCUT2D eigenvalue weighted by Gasteiger charge is 2.26. The van der Waals surface area contributed by atoms with Crippen LogP contribution in [0, 0.1) is 6.92 Å². The average molecular weight is 434 g/mol. The van der Waals surface area contributed by atoms with Crippen LogP contribution in [0.2, 0.25) is 0 Å². The number of nitrogens with one attached hydrogen (secondary N) is 1. The normalized spacial score (nSPS) is 12.2. The lowest BCUT2D eigenvalue weighted by Gasteiger charge is -2.28. The van der Waals surface area contributed by atoms with E-state index in [2.05, 4.69) is 73.1 Å². The van der Waals surface area contributed by atoms with Gasteiger partial charge < -0.3 is 14.6 Å². The summed E-state index contributed by atoms with van der Waals surface area (Å²) < 4.78 is 7.38. The van der Waals surface area contributed by atoms with Gasteiger partial charge >= 0.3 is 5.69 Å². The number of H-pyrrole nitrogens is 1. The van der Waals surface area contributed by atoms with Crippen LogP contribution < -0.4 is 10.4 Å². The molecule has 7 nitrogen and oxygen atoms in total. The Balaban J connectivity index is 1.67. The standard InChI is InChI=1S/C25H31N5O2/c1-16-14-21-19(22-23(28-27-21)30(6)24(31)26-22)15-20(16)25(2,3)17-8-10-18(11-9-17)32-13-7-12-29(4)5/h8-11,14-15H,7,12-13H2,1-6H3,(H,26,31). The zero-order chi connectivity index (χ0) is 23.0. The van der Waals surface area contributed by atoms with Crippen molar-refractivity contribution in [2.75, 3.05) is 27.2 Å². The van der Waals surface area contributed by atoms with Gasteiger partial charge in [-0.15, -0.1) is 10.2 Å². The van der Waals surface area contributed by atoms with Gasteiger partial charge in [-0.1, -0.05) is 26.0 Å². The minimum atomic E-state index is -0.244. The Morgan fingerprint density at radius 3 is 2.53 bits per heavy atom. The highest BCUT2D eigenvalue weighted by Crippen LogP contribution is 2.36. The molecule has 1 N–H and O–H groups in total. The number of imidazole rings is 1. The topological polar surface area (TPSA) is 76.0 Å². The Morgan fingerprint density at radius 1 is 1.12 bits per heavy atom. The van der Waals surface area contributed by atoms with Crippen molar-refractivity contribution in [2.45, 2.75) is 32.6 Å². The van der Waals surface area contributed by atoms with Crippen LogP contribution in [-0.2, 0) is 12.5 Å². The van der Waals surface area contributed by atoms with Crippen molar-refractivity contribution < 1.29 is 4.74 Å². The lowest BCUT2D eigenvalue weighted by atomic mass is 9.76. The van der Waals surface area contributed by atoms with Gasteiger partial charge in [0.1, 0.15) is 5.75 Å². The molecule has 2 aromatic heterocycles. The quantitative estimate of drug-likeness (QED) is 0.449. The summed E-state index contributed by atoms with van der Waals surface area (Å²) in [5, 5.41) is 9.49. The molecule has 0 aliphatic rings. The lowest BCUT2D eigenvalue weighted by Crippen LogP contribution is -2.20. The molecule has 0 radical (unpaired) electrons. The fourth-order valence-corrected chi connectivity index (χ4v) is 4.26. The zero-order valence-electron chi connectivity index (χ0n) is 19.7. The van der Waals surface area contributed by atoms with E-state index in [1.54, 1.807) is 7.05 Å². The molecule has 0 bridgehead atoms. The van der Waals surface area contributed by atoms with Crippen LogP contribution in [0.1, 0.15) is 37.0 Å². The van der Waals surface area contributed by atoms with E-state index in [0.29, 0.717) is 12.3 Å². The van der Waals surface area contributed by atoms with Gasteiger partial charge in [0.2, 0.25) is 0 Å². The number of fused-ring (bicyclic) bond motifs is 3. The highest BCUT2D eigenvalue weighted by atomic mass is 16.5. The number of benzene rings is 2. The van der Waals surface area contributed by atoms with Crippen LogP contribution >= 0.6 is 0 Å². The summed E-state index contributed by atoms with van der Waals surface area (Å²) in [6.45, 7) is 8.24. The van der Waals surface area contributed by atoms with E-state index in [4.69, 9.17) is 4.74 Å². The second kappa shape index (κ2) is 8.39. The Morgan fingerprint density at radius 2 is 1.84 bits per heavy atom. The molecule has 0 amide bonds. The maximum atomic E-state index is 12.1. The first-order valence-corrected chi connectivity index (χ1v) is 10.9. The first kappa shape index (κ1) is 22.0. The molecule has 168 valence electrons. The summed E-state index contributed by atoms with van der Waals surface area (Å²) in [4.78, 5) is 17.2. The van der Waals surface area contributed by atoms with E-state index in [9.17, 15) is 4.79 Å². The Bertz CT molecular complexity index is 1320. The van der Waals surface area contributed by atoms with E-state index in [1.807, 2.05) is 18.2 Å². The van der Waals surface area contributed by atoms with E-state index in [-0.39, 0.29) is 11.1 Å². The Labute approximate surface area is 188 Å². The van der Waals surface area contributed by atoms with Crippen molar-refractivity contribution in [1.82, 2.24) is 24.6 Å². The SMILES string of the molecule is Cc1cc2nnc3c([nH]c(=O)n3C)c2cc1C(C)(C)c1ccc(OCCCN(C)C)cc1. The van der Waals surface area contributed by atoms with Crippen molar-refractivity contribution in [2.24, 2.45) is 7.05 Å². The fourth-order valence-electron chi connectivity index (χ4n) is 4.26. The van der Waals surface area contributed by atoms with Crippen molar-refractivity contribution >= 4 is 22.1 Å². The van der Waals surface area contributed by atoms with Gasteiger partial charge in [-0.3, -0.25) is 4.57 Å². The van der Waals surface area contributed by atoms with E-state index in [0.717, 1.165) is 40.7 Å². The molecule has 0 aliphatic heterocycles. The molecule has 2 heterocycles. The Hall–Kier alpha value is -3.19. The molecule has 0 atom stereocenters. The van der Waals surface area contributed by atoms with Crippen molar-refractivity contribution in [3.63, 3.8) is 0 Å². The molecule has 4 aromatic rings. The summed E-state index contributed by atoms with van der Waals surface area (Å²) in [6, 6.07) is 12.5. The third kappa shape index (κ3) is 4.00. The maximum absolute atomic E-state index is 12.1. The molecule has 32 heavy (non-hydrogen) atoms. The second-order valence-electron chi connectivity index (χ2n) is 9.23. The third-order valence-electron chi connectivity index (χ3n) is 6.21. The van der Waals surface area contributed by atoms with Gasteiger partial charge in [-0.05, 0) is 68.4 Å². The number of aromatic amines is 1. The molecule has 0 unspecified atom stereocenters. The summed E-state index contributed by atoms with van der Waals surface area (Å²) >= 11 is 0. The molecule has 7 heteroatoms. The summed E-state index contributed by atoms with van der Waals surface area (Å²) in [5.74, 6) is 0.886. The molecule has 0 spiro atoms. The Kier molecular flexibility index (Phi) is 5.77. The number of hydrogen-bond acceptors (Lipinski definition) is 5. The van der Waals surface area contributed by atoms with Gasteiger partial charge in [0.15, 0.2) is 5.65 Å². The first-order valence-electron chi connectivity index (χ1n) is 10.9. The molecule has 4 rings (SSSR count). The fraction of sp³-hybridized carbons (Fsp3) is 0.400. The van der Waals surface area contributed by atoms with E-state index < -0.39 is 0 Å². The van der Waals surface area contributed by atoms with Gasteiger partial charge in [0.05, 0.1) is 17.6 Å². The van der Waals surface area contributed by atoms with Crippen LogP contribution in [0.4, 0.5) is 0 Å². The van der Waals surface area contributed by atoms with Crippen LogP contribution in [0.25, 0.3) is 22.1 Å². The number of aromatic nitrogens is 4. The number of aryl methyl sites for hydroxylation is 2. The third-order valence-corrected chi connectivity index (χ3v) is 6.21.